The van der Waals surface area contributed by atoms with E-state index in [-0.39, 0.29) is 16.2 Å². The Labute approximate surface area is 103 Å². The van der Waals surface area contributed by atoms with Crippen LogP contribution in [0.25, 0.3) is 0 Å². The van der Waals surface area contributed by atoms with Crippen molar-refractivity contribution < 1.29 is 0 Å². The fourth-order valence-electron chi connectivity index (χ4n) is 2.12. The molecule has 16 heavy (non-hydrogen) atoms. The highest BCUT2D eigenvalue weighted by molar-refractivity contribution is 6.28. The summed E-state index contributed by atoms with van der Waals surface area (Å²) in [6, 6.07) is 1.83. The Kier molecular flexibility index (Phi) is 3.79. The molecule has 90 valence electrons. The molecule has 4 heteroatoms. The molecule has 0 aliphatic carbocycles. The molecule has 0 aliphatic heterocycles. The molecule has 3 nitrogen and oxygen atoms in total. The van der Waals surface area contributed by atoms with Crippen molar-refractivity contribution in [3.8, 4) is 0 Å². The van der Waals surface area contributed by atoms with Gasteiger partial charge in [-0.05, 0) is 43.4 Å². The Morgan fingerprint density at radius 3 is 2.38 bits per heavy atom. The fraction of sp³-hybridized carbons (Fsp3) is 0.667. The van der Waals surface area contributed by atoms with Gasteiger partial charge in [0.2, 0.25) is 5.28 Å². The van der Waals surface area contributed by atoms with Crippen LogP contribution in [0.5, 0.6) is 0 Å². The van der Waals surface area contributed by atoms with Crippen LogP contribution in [0.1, 0.15) is 41.0 Å². The van der Waals surface area contributed by atoms with Gasteiger partial charge in [-0.25, -0.2) is 9.97 Å². The molecular formula is C12H20ClN3. The quantitative estimate of drug-likeness (QED) is 0.819. The van der Waals surface area contributed by atoms with E-state index in [0.717, 1.165) is 12.2 Å². The predicted octanol–water partition coefficient (Wildman–Crippen LogP) is 3.76. The smallest absolute Gasteiger partial charge is 0.224 e. The summed E-state index contributed by atoms with van der Waals surface area (Å²) in [7, 11) is 0. The highest BCUT2D eigenvalue weighted by atomic mass is 35.5. The van der Waals surface area contributed by atoms with Gasteiger partial charge in [0, 0.05) is 11.7 Å². The van der Waals surface area contributed by atoms with E-state index in [9.17, 15) is 0 Å². The van der Waals surface area contributed by atoms with Crippen LogP contribution in [0.2, 0.25) is 5.28 Å². The minimum absolute atomic E-state index is 0.0179. The van der Waals surface area contributed by atoms with Crippen LogP contribution >= 0.6 is 11.6 Å². The first-order valence-electron chi connectivity index (χ1n) is 5.45. The van der Waals surface area contributed by atoms with Crippen molar-refractivity contribution in [1.82, 2.24) is 9.97 Å². The minimum atomic E-state index is -0.0179. The van der Waals surface area contributed by atoms with E-state index in [4.69, 9.17) is 11.6 Å². The van der Waals surface area contributed by atoms with E-state index in [2.05, 4.69) is 49.9 Å². The fourth-order valence-corrected chi connectivity index (χ4v) is 2.27. The first-order chi connectivity index (χ1) is 7.18. The van der Waals surface area contributed by atoms with E-state index in [1.54, 1.807) is 6.20 Å². The van der Waals surface area contributed by atoms with E-state index in [0.29, 0.717) is 0 Å². The van der Waals surface area contributed by atoms with Crippen LogP contribution in [-0.2, 0) is 0 Å². The lowest BCUT2D eigenvalue weighted by atomic mass is 9.82. The number of anilines is 1. The zero-order chi connectivity index (χ0) is 12.4. The van der Waals surface area contributed by atoms with Gasteiger partial charge in [-0.2, -0.15) is 0 Å². The predicted molar refractivity (Wildman–Crippen MR) is 68.8 cm³/mol. The monoisotopic (exact) mass is 241 g/mol. The molecule has 1 N–H and O–H groups in total. The van der Waals surface area contributed by atoms with E-state index >= 15 is 0 Å². The van der Waals surface area contributed by atoms with Gasteiger partial charge in [-0.15, -0.1) is 0 Å². The van der Waals surface area contributed by atoms with Crippen molar-refractivity contribution in [2.24, 2.45) is 5.41 Å². The van der Waals surface area contributed by atoms with Crippen LogP contribution in [0.15, 0.2) is 12.3 Å². The molecule has 0 aliphatic rings. The maximum Gasteiger partial charge on any atom is 0.224 e. The Hall–Kier alpha value is -0.830. The molecule has 0 fully saturated rings. The van der Waals surface area contributed by atoms with Gasteiger partial charge in [0.15, 0.2) is 0 Å². The molecule has 0 saturated carbocycles. The first-order valence-corrected chi connectivity index (χ1v) is 5.83. The van der Waals surface area contributed by atoms with Gasteiger partial charge < -0.3 is 5.32 Å². The molecule has 0 unspecified atom stereocenters. The molecule has 1 aromatic rings. The lowest BCUT2D eigenvalue weighted by molar-refractivity contribution is 0.302. The number of hydrogen-bond donors (Lipinski definition) is 1. The third kappa shape index (κ3) is 4.79. The average molecular weight is 242 g/mol. The largest absolute Gasteiger partial charge is 0.365 e. The number of hydrogen-bond acceptors (Lipinski definition) is 3. The average Bonchev–Trinajstić information content (AvgIpc) is 1.96. The Morgan fingerprint density at radius 2 is 1.88 bits per heavy atom. The molecule has 0 amide bonds. The number of nitrogens with one attached hydrogen (secondary N) is 1. The Morgan fingerprint density at radius 1 is 1.25 bits per heavy atom. The normalized spacial score (nSPS) is 12.6. The molecular weight excluding hydrogens is 222 g/mol. The van der Waals surface area contributed by atoms with Crippen LogP contribution in [0, 0.1) is 5.41 Å². The molecule has 1 heterocycles. The van der Waals surface area contributed by atoms with Crippen molar-refractivity contribution in [1.29, 1.82) is 0 Å². The van der Waals surface area contributed by atoms with Crippen molar-refractivity contribution >= 4 is 17.4 Å². The molecule has 0 saturated heterocycles. The molecule has 0 atom stereocenters. The summed E-state index contributed by atoms with van der Waals surface area (Å²) in [4.78, 5) is 7.99. The number of rotatable bonds is 3. The zero-order valence-electron chi connectivity index (χ0n) is 10.6. The molecule has 0 bridgehead atoms. The zero-order valence-corrected chi connectivity index (χ0v) is 11.4. The van der Waals surface area contributed by atoms with Gasteiger partial charge in [-0.3, -0.25) is 0 Å². The summed E-state index contributed by atoms with van der Waals surface area (Å²) >= 11 is 5.74. The van der Waals surface area contributed by atoms with Gasteiger partial charge in [-0.1, -0.05) is 20.8 Å². The summed E-state index contributed by atoms with van der Waals surface area (Å²) in [5.41, 5.74) is 0.253. The van der Waals surface area contributed by atoms with E-state index < -0.39 is 0 Å². The van der Waals surface area contributed by atoms with Crippen molar-refractivity contribution in [2.45, 2.75) is 46.6 Å². The van der Waals surface area contributed by atoms with Gasteiger partial charge in [0.1, 0.15) is 5.82 Å². The molecule has 1 aromatic heterocycles. The highest BCUT2D eigenvalue weighted by Gasteiger charge is 2.25. The second-order valence-electron chi connectivity index (χ2n) is 5.96. The maximum atomic E-state index is 5.74. The van der Waals surface area contributed by atoms with Crippen LogP contribution < -0.4 is 5.32 Å². The molecule has 0 aromatic carbocycles. The Bertz CT molecular complexity index is 356. The minimum Gasteiger partial charge on any atom is -0.365 e. The van der Waals surface area contributed by atoms with Gasteiger partial charge in [0.05, 0.1) is 0 Å². The topological polar surface area (TPSA) is 37.8 Å². The summed E-state index contributed by atoms with van der Waals surface area (Å²) < 4.78 is 0. The van der Waals surface area contributed by atoms with Crippen LogP contribution in [-0.4, -0.2) is 15.5 Å². The standard InChI is InChI=1S/C12H20ClN3/c1-11(2,3)8-12(4,5)16-9-6-7-14-10(13)15-9/h6-7H,8H2,1-5H3,(H,14,15,16). The summed E-state index contributed by atoms with van der Waals surface area (Å²) in [6.45, 7) is 11.0. The van der Waals surface area contributed by atoms with E-state index in [1.165, 1.54) is 0 Å². The van der Waals surface area contributed by atoms with Gasteiger partial charge >= 0.3 is 0 Å². The number of aromatic nitrogens is 2. The summed E-state index contributed by atoms with van der Waals surface area (Å²) in [5, 5.41) is 3.65. The summed E-state index contributed by atoms with van der Waals surface area (Å²) in [5.74, 6) is 0.772. The van der Waals surface area contributed by atoms with E-state index in [1.807, 2.05) is 6.07 Å². The lowest BCUT2D eigenvalue weighted by Gasteiger charge is -2.33. The maximum absolute atomic E-state index is 5.74. The molecule has 0 spiro atoms. The van der Waals surface area contributed by atoms with Gasteiger partial charge in [0.25, 0.3) is 0 Å². The molecule has 1 rings (SSSR count). The second-order valence-corrected chi connectivity index (χ2v) is 6.30. The van der Waals surface area contributed by atoms with Crippen molar-refractivity contribution in [2.75, 3.05) is 5.32 Å². The third-order valence-electron chi connectivity index (χ3n) is 2.06. The molecule has 0 radical (unpaired) electrons. The van der Waals surface area contributed by atoms with Crippen LogP contribution in [0.4, 0.5) is 5.82 Å². The highest BCUT2D eigenvalue weighted by Crippen LogP contribution is 2.29. The Balaban J connectivity index is 2.72. The third-order valence-corrected chi connectivity index (χ3v) is 2.25. The second kappa shape index (κ2) is 4.58. The SMILES string of the molecule is CC(C)(C)CC(C)(C)Nc1ccnc(Cl)n1. The number of nitrogens with zero attached hydrogens (tertiary/aromatic N) is 2. The van der Waals surface area contributed by atoms with Crippen molar-refractivity contribution in [3.05, 3.63) is 17.5 Å². The lowest BCUT2D eigenvalue weighted by Crippen LogP contribution is -2.35. The van der Waals surface area contributed by atoms with Crippen molar-refractivity contribution in [3.63, 3.8) is 0 Å². The first kappa shape index (κ1) is 13.2. The van der Waals surface area contributed by atoms with Crippen LogP contribution in [0.3, 0.4) is 0 Å². The number of halogens is 1. The summed E-state index contributed by atoms with van der Waals surface area (Å²) in [6.07, 6.45) is 2.70.